The maximum absolute atomic E-state index is 11.2. The molecule has 1 aliphatic carbocycles. The molecular weight excluding hydrogens is 408 g/mol. The molecule has 0 aliphatic heterocycles. The summed E-state index contributed by atoms with van der Waals surface area (Å²) in [7, 11) is 1.70. The van der Waals surface area contributed by atoms with Gasteiger partial charge in [0, 0.05) is 12.3 Å². The Labute approximate surface area is 201 Å². The van der Waals surface area contributed by atoms with Crippen molar-refractivity contribution in [1.29, 1.82) is 0 Å². The van der Waals surface area contributed by atoms with Crippen LogP contribution in [0, 0.1) is 11.3 Å². The molecule has 0 spiro atoms. The molecule has 2 aromatic rings. The number of esters is 1. The molecule has 1 fully saturated rings. The zero-order chi connectivity index (χ0) is 25.1. The molecule has 3 nitrogen and oxygen atoms in total. The van der Waals surface area contributed by atoms with Crippen LogP contribution < -0.4 is 9.47 Å². The van der Waals surface area contributed by atoms with Gasteiger partial charge in [0.1, 0.15) is 11.5 Å². The number of carbonyl (C=O) groups excluding carboxylic acids is 1. The Kier molecular flexibility index (Phi) is 11.1. The van der Waals surface area contributed by atoms with Gasteiger partial charge in [0.2, 0.25) is 0 Å². The summed E-state index contributed by atoms with van der Waals surface area (Å²) in [6.07, 6.45) is 6.70. The van der Waals surface area contributed by atoms with Gasteiger partial charge in [-0.25, -0.2) is 0 Å². The molecule has 2 unspecified atom stereocenters. The molecule has 0 radical (unpaired) electrons. The smallest absolute Gasteiger partial charge is 0.308 e. The van der Waals surface area contributed by atoms with Crippen molar-refractivity contribution in [3.05, 3.63) is 85.0 Å². The van der Waals surface area contributed by atoms with Gasteiger partial charge in [-0.1, -0.05) is 84.2 Å². The van der Waals surface area contributed by atoms with Crippen LogP contribution in [0.2, 0.25) is 0 Å². The van der Waals surface area contributed by atoms with E-state index in [2.05, 4.69) is 70.3 Å². The quantitative estimate of drug-likeness (QED) is 0.262. The van der Waals surface area contributed by atoms with Gasteiger partial charge >= 0.3 is 5.97 Å². The van der Waals surface area contributed by atoms with Crippen molar-refractivity contribution in [2.75, 3.05) is 7.11 Å². The third-order valence-corrected chi connectivity index (χ3v) is 5.86. The van der Waals surface area contributed by atoms with E-state index in [-0.39, 0.29) is 16.8 Å². The molecule has 3 rings (SSSR count). The summed E-state index contributed by atoms with van der Waals surface area (Å²) in [5.74, 6) is 1.81. The van der Waals surface area contributed by atoms with Crippen LogP contribution >= 0.6 is 0 Å². The highest BCUT2D eigenvalue weighted by molar-refractivity contribution is 5.69. The normalized spacial score (nSPS) is 20.6. The Morgan fingerprint density at radius 2 is 1.36 bits per heavy atom. The van der Waals surface area contributed by atoms with Crippen LogP contribution in [0.25, 0.3) is 0 Å². The third kappa shape index (κ3) is 7.92. The number of allylic oxidation sites excluding steroid dienone is 2. The molecule has 0 saturated heterocycles. The van der Waals surface area contributed by atoms with Gasteiger partial charge in [-0.15, -0.1) is 0 Å². The number of hydrogen-bond donors (Lipinski definition) is 0. The summed E-state index contributed by atoms with van der Waals surface area (Å²) in [4.78, 5) is 11.2. The van der Waals surface area contributed by atoms with Crippen molar-refractivity contribution < 1.29 is 14.3 Å². The Morgan fingerprint density at radius 3 is 1.73 bits per heavy atom. The second-order valence-electron chi connectivity index (χ2n) is 9.25. The van der Waals surface area contributed by atoms with Crippen LogP contribution in [0.15, 0.2) is 73.8 Å². The zero-order valence-electron chi connectivity index (χ0n) is 21.6. The molecule has 3 heteroatoms. The van der Waals surface area contributed by atoms with Crippen molar-refractivity contribution in [1.82, 2.24) is 0 Å². The monoisotopic (exact) mass is 450 g/mol. The zero-order valence-corrected chi connectivity index (χ0v) is 21.6. The average Bonchev–Trinajstić information content (AvgIpc) is 2.79. The summed E-state index contributed by atoms with van der Waals surface area (Å²) in [5, 5.41) is 0. The summed E-state index contributed by atoms with van der Waals surface area (Å²) in [6.45, 7) is 19.2. The Morgan fingerprint density at radius 1 is 0.909 bits per heavy atom. The summed E-state index contributed by atoms with van der Waals surface area (Å²) < 4.78 is 10.6. The van der Waals surface area contributed by atoms with E-state index in [1.165, 1.54) is 24.5 Å². The first-order valence-corrected chi connectivity index (χ1v) is 11.8. The van der Waals surface area contributed by atoms with Crippen LogP contribution in [-0.4, -0.2) is 13.1 Å². The van der Waals surface area contributed by atoms with Crippen molar-refractivity contribution in [2.45, 2.75) is 66.2 Å². The fourth-order valence-corrected chi connectivity index (χ4v) is 5.10. The van der Waals surface area contributed by atoms with Crippen LogP contribution in [0.3, 0.4) is 0 Å². The van der Waals surface area contributed by atoms with Gasteiger partial charge in [-0.2, -0.15) is 0 Å². The fourth-order valence-electron chi connectivity index (χ4n) is 5.10. The van der Waals surface area contributed by atoms with E-state index in [9.17, 15) is 4.79 Å². The Bertz CT molecular complexity index is 872. The fraction of sp³-hybridized carbons (Fsp3) is 0.433. The largest absolute Gasteiger partial charge is 0.497 e. The maximum atomic E-state index is 11.2. The lowest BCUT2D eigenvalue weighted by molar-refractivity contribution is -0.131. The van der Waals surface area contributed by atoms with E-state index >= 15 is 0 Å². The maximum Gasteiger partial charge on any atom is 0.308 e. The molecule has 0 N–H and O–H groups in total. The Hall–Kier alpha value is -2.81. The lowest BCUT2D eigenvalue weighted by Gasteiger charge is -2.48. The molecule has 0 heterocycles. The number of rotatable bonds is 5. The van der Waals surface area contributed by atoms with Gasteiger partial charge in [-0.3, -0.25) is 4.79 Å². The first-order valence-electron chi connectivity index (χ1n) is 11.8. The SMILES string of the molecule is C=CC=C.CC.COc1ccc(C2(c3ccc(OC(C)=O)cc3)CC(C)CC(C)(C)C2)cc1. The molecule has 0 amide bonds. The highest BCUT2D eigenvalue weighted by atomic mass is 16.5. The van der Waals surface area contributed by atoms with Gasteiger partial charge in [0.05, 0.1) is 7.11 Å². The van der Waals surface area contributed by atoms with E-state index in [1.807, 2.05) is 26.0 Å². The minimum absolute atomic E-state index is 0.0534. The second-order valence-corrected chi connectivity index (χ2v) is 9.25. The second kappa shape index (κ2) is 13.0. The number of carbonyl (C=O) groups is 1. The predicted molar refractivity (Wildman–Crippen MR) is 140 cm³/mol. The molecule has 2 atom stereocenters. The van der Waals surface area contributed by atoms with E-state index < -0.39 is 0 Å². The molecule has 0 bridgehead atoms. The van der Waals surface area contributed by atoms with Crippen LogP contribution in [-0.2, 0) is 10.2 Å². The minimum Gasteiger partial charge on any atom is -0.497 e. The lowest BCUT2D eigenvalue weighted by atomic mass is 9.55. The molecule has 180 valence electrons. The van der Waals surface area contributed by atoms with E-state index in [4.69, 9.17) is 9.47 Å². The van der Waals surface area contributed by atoms with Crippen molar-refractivity contribution >= 4 is 5.97 Å². The first-order chi connectivity index (χ1) is 15.7. The van der Waals surface area contributed by atoms with E-state index in [0.717, 1.165) is 18.6 Å². The molecule has 0 aromatic heterocycles. The number of benzene rings is 2. The molecule has 1 aliphatic rings. The highest BCUT2D eigenvalue weighted by Gasteiger charge is 2.45. The first kappa shape index (κ1) is 28.2. The summed E-state index contributed by atoms with van der Waals surface area (Å²) in [6, 6.07) is 16.6. The topological polar surface area (TPSA) is 35.5 Å². The van der Waals surface area contributed by atoms with Crippen LogP contribution in [0.5, 0.6) is 11.5 Å². The summed E-state index contributed by atoms with van der Waals surface area (Å²) >= 11 is 0. The van der Waals surface area contributed by atoms with Crippen molar-refractivity contribution in [3.63, 3.8) is 0 Å². The average molecular weight is 451 g/mol. The Balaban J connectivity index is 0.000000820. The van der Waals surface area contributed by atoms with Gasteiger partial charge in [0.25, 0.3) is 0 Å². The third-order valence-electron chi connectivity index (χ3n) is 5.86. The van der Waals surface area contributed by atoms with E-state index in [0.29, 0.717) is 11.7 Å². The molecule has 33 heavy (non-hydrogen) atoms. The van der Waals surface area contributed by atoms with Gasteiger partial charge < -0.3 is 9.47 Å². The molecule has 1 saturated carbocycles. The molecule has 2 aromatic carbocycles. The molecular formula is C30H42O3. The van der Waals surface area contributed by atoms with Gasteiger partial charge in [0.15, 0.2) is 0 Å². The minimum atomic E-state index is -0.292. The van der Waals surface area contributed by atoms with Crippen LogP contribution in [0.1, 0.15) is 71.9 Å². The highest BCUT2D eigenvalue weighted by Crippen LogP contribution is 2.53. The lowest BCUT2D eigenvalue weighted by Crippen LogP contribution is -2.41. The van der Waals surface area contributed by atoms with E-state index in [1.54, 1.807) is 19.3 Å². The van der Waals surface area contributed by atoms with Gasteiger partial charge in [-0.05, 0) is 66.0 Å². The standard InChI is InChI=1S/C24H30O3.C4H6.C2H6/c1-17-14-23(3,4)16-24(15-17,19-6-10-21(26-5)11-7-19)20-8-12-22(13-9-20)27-18(2)25;1-3-4-2;1-2/h6-13,17H,14-16H2,1-5H3;3-4H,1-2H2;1-2H3. The number of hydrogen-bond acceptors (Lipinski definition) is 3. The van der Waals surface area contributed by atoms with Crippen molar-refractivity contribution in [3.8, 4) is 11.5 Å². The number of ether oxygens (including phenoxy) is 2. The number of methoxy groups -OCH3 is 1. The van der Waals surface area contributed by atoms with Crippen LogP contribution in [0.4, 0.5) is 0 Å². The summed E-state index contributed by atoms with van der Waals surface area (Å²) in [5.41, 5.74) is 2.81. The predicted octanol–water partition coefficient (Wildman–Crippen LogP) is 8.14. The van der Waals surface area contributed by atoms with Crippen molar-refractivity contribution in [2.24, 2.45) is 11.3 Å².